The number of nitrogens with zero attached hydrogens (tertiary/aromatic N) is 2. The fourth-order valence-electron chi connectivity index (χ4n) is 1.60. The van der Waals surface area contributed by atoms with Crippen LogP contribution in [0.1, 0.15) is 12.7 Å². The lowest BCUT2D eigenvalue weighted by Crippen LogP contribution is -2.00. The minimum atomic E-state index is 0.909. The van der Waals surface area contributed by atoms with Gasteiger partial charge in [0, 0.05) is 13.5 Å². The number of nitrogens with one attached hydrogen (secondary N) is 1. The maximum absolute atomic E-state index is 4.46. The van der Waals surface area contributed by atoms with E-state index in [1.807, 2.05) is 19.2 Å². The molecule has 0 atom stereocenters. The van der Waals surface area contributed by atoms with Crippen LogP contribution in [0.5, 0.6) is 0 Å². The van der Waals surface area contributed by atoms with Gasteiger partial charge in [-0.15, -0.1) is 0 Å². The van der Waals surface area contributed by atoms with Gasteiger partial charge in [-0.3, -0.25) is 4.40 Å². The zero-order valence-corrected chi connectivity index (χ0v) is 9.80. The van der Waals surface area contributed by atoms with Crippen LogP contribution in [0.2, 0.25) is 0 Å². The van der Waals surface area contributed by atoms with Crippen molar-refractivity contribution in [1.29, 1.82) is 0 Å². The first-order chi connectivity index (χ1) is 6.77. The van der Waals surface area contributed by atoms with Gasteiger partial charge in [0.05, 0.1) is 5.52 Å². The molecule has 0 radical (unpaired) electrons. The van der Waals surface area contributed by atoms with Gasteiger partial charge >= 0.3 is 0 Å². The van der Waals surface area contributed by atoms with Crippen molar-refractivity contribution in [2.24, 2.45) is 0 Å². The number of anilines is 1. The molecule has 4 heteroatoms. The molecule has 0 aliphatic carbocycles. The zero-order chi connectivity index (χ0) is 10.1. The highest BCUT2D eigenvalue weighted by molar-refractivity contribution is 9.10. The van der Waals surface area contributed by atoms with Gasteiger partial charge in [0.1, 0.15) is 16.2 Å². The molecule has 0 bridgehead atoms. The average molecular weight is 254 g/mol. The standard InChI is InChI=1S/C10H12BrN3/c1-3-8-13-10(11)7-5-4-6-9(12-2)14(7)8/h4-6,12H,3H2,1-2H3. The summed E-state index contributed by atoms with van der Waals surface area (Å²) in [6.07, 6.45) is 0.922. The third-order valence-electron chi connectivity index (χ3n) is 2.26. The van der Waals surface area contributed by atoms with Gasteiger partial charge in [0.2, 0.25) is 0 Å². The van der Waals surface area contributed by atoms with Crippen LogP contribution in [0.3, 0.4) is 0 Å². The van der Waals surface area contributed by atoms with Crippen LogP contribution in [0.4, 0.5) is 5.82 Å². The van der Waals surface area contributed by atoms with E-state index in [1.54, 1.807) is 0 Å². The molecule has 0 saturated carbocycles. The number of halogens is 1. The highest BCUT2D eigenvalue weighted by Gasteiger charge is 2.09. The molecule has 0 aliphatic heterocycles. The average Bonchev–Trinajstić information content (AvgIpc) is 2.56. The van der Waals surface area contributed by atoms with Gasteiger partial charge in [0.25, 0.3) is 0 Å². The molecule has 1 N–H and O–H groups in total. The topological polar surface area (TPSA) is 29.3 Å². The number of aryl methyl sites for hydroxylation is 1. The molecule has 2 aromatic rings. The molecular formula is C10H12BrN3. The number of imidazole rings is 1. The summed E-state index contributed by atoms with van der Waals surface area (Å²) < 4.78 is 3.04. The van der Waals surface area contributed by atoms with E-state index in [2.05, 4.69) is 43.6 Å². The van der Waals surface area contributed by atoms with E-state index in [0.29, 0.717) is 0 Å². The molecular weight excluding hydrogens is 242 g/mol. The number of rotatable bonds is 2. The van der Waals surface area contributed by atoms with Crippen molar-refractivity contribution in [1.82, 2.24) is 9.38 Å². The van der Waals surface area contributed by atoms with Crippen LogP contribution in [0.25, 0.3) is 5.52 Å². The first-order valence-corrected chi connectivity index (χ1v) is 5.40. The van der Waals surface area contributed by atoms with Crippen molar-refractivity contribution in [3.63, 3.8) is 0 Å². The number of hydrogen-bond acceptors (Lipinski definition) is 2. The molecule has 0 aliphatic rings. The van der Waals surface area contributed by atoms with Crippen LogP contribution in [0, 0.1) is 0 Å². The van der Waals surface area contributed by atoms with E-state index in [1.165, 1.54) is 0 Å². The van der Waals surface area contributed by atoms with E-state index in [0.717, 1.165) is 28.2 Å². The Hall–Kier alpha value is -1.03. The number of pyridine rings is 1. The number of hydrogen-bond donors (Lipinski definition) is 1. The maximum atomic E-state index is 4.46. The summed E-state index contributed by atoms with van der Waals surface area (Å²) in [6.45, 7) is 2.10. The molecule has 14 heavy (non-hydrogen) atoms. The van der Waals surface area contributed by atoms with Gasteiger partial charge in [0.15, 0.2) is 0 Å². The molecule has 0 amide bonds. The van der Waals surface area contributed by atoms with Crippen LogP contribution in [-0.2, 0) is 6.42 Å². The quantitative estimate of drug-likeness (QED) is 0.892. The highest BCUT2D eigenvalue weighted by atomic mass is 79.9. The highest BCUT2D eigenvalue weighted by Crippen LogP contribution is 2.23. The van der Waals surface area contributed by atoms with E-state index in [4.69, 9.17) is 0 Å². The van der Waals surface area contributed by atoms with Gasteiger partial charge in [-0.1, -0.05) is 13.0 Å². The fourth-order valence-corrected chi connectivity index (χ4v) is 2.12. The molecule has 0 saturated heterocycles. The summed E-state index contributed by atoms with van der Waals surface area (Å²) in [5.41, 5.74) is 1.11. The van der Waals surface area contributed by atoms with E-state index in [9.17, 15) is 0 Å². The predicted molar refractivity (Wildman–Crippen MR) is 61.8 cm³/mol. The third-order valence-corrected chi connectivity index (χ3v) is 2.84. The molecule has 2 rings (SSSR count). The van der Waals surface area contributed by atoms with Crippen molar-refractivity contribution in [2.75, 3.05) is 12.4 Å². The van der Waals surface area contributed by atoms with E-state index < -0.39 is 0 Å². The van der Waals surface area contributed by atoms with Crippen LogP contribution in [-0.4, -0.2) is 16.4 Å². The summed E-state index contributed by atoms with van der Waals surface area (Å²) in [4.78, 5) is 4.46. The minimum absolute atomic E-state index is 0.909. The van der Waals surface area contributed by atoms with Crippen molar-refractivity contribution in [3.05, 3.63) is 28.6 Å². The molecule has 2 aromatic heterocycles. The Bertz CT molecular complexity index is 462. The van der Waals surface area contributed by atoms with Gasteiger partial charge in [-0.2, -0.15) is 0 Å². The normalized spacial score (nSPS) is 10.8. The Kier molecular flexibility index (Phi) is 2.46. The summed E-state index contributed by atoms with van der Waals surface area (Å²) in [7, 11) is 1.92. The number of fused-ring (bicyclic) bond motifs is 1. The SMILES string of the molecule is CCc1nc(Br)c2cccc(NC)n12. The number of aromatic nitrogens is 2. The van der Waals surface area contributed by atoms with Crippen molar-refractivity contribution >= 4 is 27.3 Å². The lowest BCUT2D eigenvalue weighted by atomic mass is 10.4. The second-order valence-electron chi connectivity index (χ2n) is 3.05. The summed E-state index contributed by atoms with van der Waals surface area (Å²) >= 11 is 3.46. The first kappa shape index (κ1) is 9.52. The summed E-state index contributed by atoms with van der Waals surface area (Å²) in [5.74, 6) is 2.13. The molecule has 0 unspecified atom stereocenters. The molecule has 3 nitrogen and oxygen atoms in total. The van der Waals surface area contributed by atoms with Crippen molar-refractivity contribution in [3.8, 4) is 0 Å². The fraction of sp³-hybridized carbons (Fsp3) is 0.300. The molecule has 0 aromatic carbocycles. The molecule has 74 valence electrons. The second kappa shape index (κ2) is 3.61. The van der Waals surface area contributed by atoms with Crippen LogP contribution >= 0.6 is 15.9 Å². The Morgan fingerprint density at radius 1 is 1.50 bits per heavy atom. The van der Waals surface area contributed by atoms with Gasteiger partial charge in [-0.25, -0.2) is 4.98 Å². The van der Waals surface area contributed by atoms with Crippen molar-refractivity contribution in [2.45, 2.75) is 13.3 Å². The Balaban J connectivity index is 2.82. The predicted octanol–water partition coefficient (Wildman–Crippen LogP) is 2.70. The van der Waals surface area contributed by atoms with Crippen molar-refractivity contribution < 1.29 is 0 Å². The third kappa shape index (κ3) is 1.30. The maximum Gasteiger partial charge on any atom is 0.132 e. The van der Waals surface area contributed by atoms with Gasteiger partial charge in [-0.05, 0) is 28.1 Å². The van der Waals surface area contributed by atoms with Gasteiger partial charge < -0.3 is 5.32 Å². The summed E-state index contributed by atoms with van der Waals surface area (Å²) in [6, 6.07) is 6.12. The Morgan fingerprint density at radius 2 is 2.29 bits per heavy atom. The lowest BCUT2D eigenvalue weighted by Gasteiger charge is -2.06. The Morgan fingerprint density at radius 3 is 2.93 bits per heavy atom. The largest absolute Gasteiger partial charge is 0.374 e. The molecule has 0 spiro atoms. The molecule has 2 heterocycles. The second-order valence-corrected chi connectivity index (χ2v) is 3.81. The van der Waals surface area contributed by atoms with Crippen LogP contribution < -0.4 is 5.32 Å². The Labute approximate surface area is 91.3 Å². The van der Waals surface area contributed by atoms with E-state index >= 15 is 0 Å². The monoisotopic (exact) mass is 253 g/mol. The molecule has 0 fully saturated rings. The van der Waals surface area contributed by atoms with E-state index in [-0.39, 0.29) is 0 Å². The van der Waals surface area contributed by atoms with Crippen LogP contribution in [0.15, 0.2) is 22.8 Å². The first-order valence-electron chi connectivity index (χ1n) is 4.61. The smallest absolute Gasteiger partial charge is 0.132 e. The lowest BCUT2D eigenvalue weighted by molar-refractivity contribution is 0.933. The zero-order valence-electron chi connectivity index (χ0n) is 8.21. The minimum Gasteiger partial charge on any atom is -0.374 e. The summed E-state index contributed by atoms with van der Waals surface area (Å²) in [5, 5.41) is 3.16.